The zero-order valence-corrected chi connectivity index (χ0v) is 34.2. The third-order valence-corrected chi connectivity index (χ3v) is 9.63. The van der Waals surface area contributed by atoms with Crippen molar-refractivity contribution in [1.29, 1.82) is 0 Å². The van der Waals surface area contributed by atoms with Gasteiger partial charge >= 0.3 is 23.0 Å². The number of rotatable bonds is 6. The molecule has 0 unspecified atom stereocenters. The maximum Gasteiger partial charge on any atom is 0.365 e. The lowest BCUT2D eigenvalue weighted by Crippen LogP contribution is -2.30. The maximum absolute atomic E-state index is 12.1. The lowest BCUT2D eigenvalue weighted by atomic mass is 10.1. The van der Waals surface area contributed by atoms with Crippen molar-refractivity contribution in [2.45, 2.75) is 13.8 Å². The molecule has 0 saturated heterocycles. The molecule has 0 aliphatic heterocycles. The van der Waals surface area contributed by atoms with Crippen LogP contribution in [0.15, 0.2) is 89.4 Å². The van der Waals surface area contributed by atoms with Gasteiger partial charge in [0.15, 0.2) is 11.5 Å². The Bertz CT molecular complexity index is 3360. The van der Waals surface area contributed by atoms with E-state index in [0.29, 0.717) is 21.5 Å². The van der Waals surface area contributed by atoms with Crippen LogP contribution in [0.2, 0.25) is 20.1 Å². The van der Waals surface area contributed by atoms with Gasteiger partial charge in [-0.1, -0.05) is 82.8 Å². The van der Waals surface area contributed by atoms with Crippen LogP contribution in [0.1, 0.15) is 11.1 Å². The average Bonchev–Trinajstić information content (AvgIpc) is 3.22. The summed E-state index contributed by atoms with van der Waals surface area (Å²) in [7, 11) is 0. The summed E-state index contributed by atoms with van der Waals surface area (Å²) in [5.74, 6) is -0.855. The molecule has 308 valence electrons. The molecule has 4 aromatic carbocycles. The minimum atomic E-state index is -0.903. The van der Waals surface area contributed by atoms with Gasteiger partial charge in [0.25, 0.3) is 22.2 Å². The van der Waals surface area contributed by atoms with Gasteiger partial charge in [0.1, 0.15) is 0 Å². The van der Waals surface area contributed by atoms with Crippen LogP contribution in [0.4, 0.5) is 11.6 Å². The summed E-state index contributed by atoms with van der Waals surface area (Å²) in [6, 6.07) is 15.6. The van der Waals surface area contributed by atoms with E-state index in [-0.39, 0.29) is 65.8 Å². The predicted octanol–water partition coefficient (Wildman–Crippen LogP) is 6.23. The van der Waals surface area contributed by atoms with E-state index in [1.54, 1.807) is 36.4 Å². The van der Waals surface area contributed by atoms with Gasteiger partial charge in [0, 0.05) is 0 Å². The van der Waals surface area contributed by atoms with Crippen molar-refractivity contribution in [3.8, 4) is 34.6 Å². The number of hydrogen-bond acceptors (Lipinski definition) is 12. The van der Waals surface area contributed by atoms with Gasteiger partial charge in [0.2, 0.25) is 11.8 Å². The lowest BCUT2D eigenvalue weighted by Gasteiger charge is -2.12. The Hall–Kier alpha value is -7.88. The highest BCUT2D eigenvalue weighted by Gasteiger charge is 2.21. The van der Waals surface area contributed by atoms with Gasteiger partial charge in [-0.05, 0) is 72.6 Å². The Kier molecular flexibility index (Phi) is 11.6. The molecule has 20 nitrogen and oxygen atoms in total. The molecular weight excluding hydrogens is 894 g/mol. The van der Waals surface area contributed by atoms with E-state index < -0.39 is 34.1 Å². The van der Waals surface area contributed by atoms with Crippen molar-refractivity contribution in [2.75, 3.05) is 0 Å². The number of H-pyrrole nitrogens is 4. The monoisotopic (exact) mass is 912 g/mol. The van der Waals surface area contributed by atoms with Crippen LogP contribution in [0, 0.1) is 27.0 Å². The molecule has 0 bridgehead atoms. The van der Waals surface area contributed by atoms with Crippen molar-refractivity contribution in [2.24, 2.45) is 0 Å². The molecule has 0 amide bonds. The number of nitrogens with zero attached hydrogens (tertiary/aromatic N) is 8. The largest absolute Gasteiger partial charge is 0.434 e. The van der Waals surface area contributed by atoms with Gasteiger partial charge in [0.05, 0.1) is 53.0 Å². The Labute approximate surface area is 363 Å². The summed E-state index contributed by atoms with van der Waals surface area (Å²) in [5, 5.41) is 21.6. The van der Waals surface area contributed by atoms with Crippen LogP contribution in [0.5, 0.6) is 23.3 Å². The second-order valence-corrected chi connectivity index (χ2v) is 14.3. The standard InChI is InChI=1S/2C19H10Cl2N6O4/c2*1-8-3-4-10-11(5-8)16(28)24-25-18(10)31-14-12(20)6-9(7-13(14)21)27-19(30)23-17(29)15(22-2)26-27/h2*3-7H,1H3,(H,24,28)(H,23,29,30). The summed E-state index contributed by atoms with van der Waals surface area (Å²) in [6.45, 7) is 17.6. The number of fused-ring (bicyclic) bond motifs is 2. The molecule has 0 spiro atoms. The third-order valence-electron chi connectivity index (χ3n) is 8.50. The Balaban J connectivity index is 0.000000186. The number of aryl methyl sites for hydroxylation is 2. The number of nitrogens with one attached hydrogen (secondary N) is 4. The van der Waals surface area contributed by atoms with Gasteiger partial charge < -0.3 is 19.2 Å². The summed E-state index contributed by atoms with van der Waals surface area (Å²) in [6.07, 6.45) is 0. The molecule has 0 atom stereocenters. The predicted molar refractivity (Wildman–Crippen MR) is 228 cm³/mol. The normalized spacial score (nSPS) is 10.8. The topological polar surface area (TPSA) is 254 Å². The Morgan fingerprint density at radius 3 is 1.23 bits per heavy atom. The molecule has 0 aliphatic rings. The van der Waals surface area contributed by atoms with E-state index in [9.17, 15) is 28.8 Å². The molecule has 4 heterocycles. The van der Waals surface area contributed by atoms with Crippen LogP contribution in [-0.2, 0) is 0 Å². The SMILES string of the molecule is [C-]#[N+]c1nn(-c2cc(Cl)c(Oc3n[nH]c(=O)c4cc(C)ccc34)c(Cl)c2)c(=O)[nH]c1=O.[C-]#[N+]c1nn(-c2cc(Cl)c(Oc3n[nH]c(=O)c4cc(C)ccc34)c(Cl)c2)c(=O)[nH]c1=O. The van der Waals surface area contributed by atoms with Crippen LogP contribution < -0.4 is 43.1 Å². The summed E-state index contributed by atoms with van der Waals surface area (Å²) < 4.78 is 13.1. The molecule has 0 saturated carbocycles. The van der Waals surface area contributed by atoms with Gasteiger partial charge in [-0.15, -0.1) is 19.6 Å². The molecule has 0 fully saturated rings. The van der Waals surface area contributed by atoms with Crippen molar-refractivity contribution in [3.63, 3.8) is 0 Å². The van der Waals surface area contributed by atoms with Crippen molar-refractivity contribution in [3.05, 3.63) is 177 Å². The molecule has 4 aromatic heterocycles. The van der Waals surface area contributed by atoms with Gasteiger partial charge in [-0.2, -0.15) is 0 Å². The third kappa shape index (κ3) is 8.30. The quantitative estimate of drug-likeness (QED) is 0.136. The maximum atomic E-state index is 12.1. The molecular formula is C38H20Cl4N12O8. The summed E-state index contributed by atoms with van der Waals surface area (Å²) >= 11 is 25.3. The molecule has 24 heteroatoms. The highest BCUT2D eigenvalue weighted by atomic mass is 35.5. The van der Waals surface area contributed by atoms with Crippen molar-refractivity contribution in [1.82, 2.24) is 49.9 Å². The molecule has 0 aliphatic carbocycles. The zero-order valence-electron chi connectivity index (χ0n) is 31.1. The highest BCUT2D eigenvalue weighted by molar-refractivity contribution is 6.38. The van der Waals surface area contributed by atoms with E-state index in [0.717, 1.165) is 20.5 Å². The number of hydrogen-bond donors (Lipinski definition) is 4. The molecule has 8 aromatic rings. The molecule has 0 radical (unpaired) electrons. The van der Waals surface area contributed by atoms with Gasteiger partial charge in [-0.3, -0.25) is 29.1 Å². The van der Waals surface area contributed by atoms with Crippen LogP contribution >= 0.6 is 46.4 Å². The molecule has 62 heavy (non-hydrogen) atoms. The van der Waals surface area contributed by atoms with Crippen LogP contribution in [0.3, 0.4) is 0 Å². The average molecular weight is 914 g/mol. The first kappa shape index (κ1) is 42.3. The minimum absolute atomic E-state index is 0.0000222. The molecule has 8 rings (SSSR count). The second-order valence-electron chi connectivity index (χ2n) is 12.7. The van der Waals surface area contributed by atoms with E-state index >= 15 is 0 Å². The van der Waals surface area contributed by atoms with E-state index in [4.69, 9.17) is 69.0 Å². The first-order chi connectivity index (χ1) is 29.6. The summed E-state index contributed by atoms with van der Waals surface area (Å²) in [4.78, 5) is 81.3. The first-order valence-corrected chi connectivity index (χ1v) is 18.6. The van der Waals surface area contributed by atoms with E-state index in [1.807, 2.05) is 23.8 Å². The summed E-state index contributed by atoms with van der Waals surface area (Å²) in [5.41, 5.74) is -2.34. The number of ether oxygens (including phenoxy) is 2. The van der Waals surface area contributed by atoms with Crippen molar-refractivity contribution < 1.29 is 9.47 Å². The van der Waals surface area contributed by atoms with Crippen molar-refractivity contribution >= 4 is 79.6 Å². The van der Waals surface area contributed by atoms with Gasteiger partial charge in [-0.25, -0.2) is 19.8 Å². The number of aromatic nitrogens is 10. The second kappa shape index (κ2) is 17.0. The fraction of sp³-hybridized carbons (Fsp3) is 0.0526. The number of benzene rings is 4. The highest BCUT2D eigenvalue weighted by Crippen LogP contribution is 2.40. The minimum Gasteiger partial charge on any atom is -0.434 e. The smallest absolute Gasteiger partial charge is 0.365 e. The fourth-order valence-corrected chi connectivity index (χ4v) is 6.78. The Morgan fingerprint density at radius 2 is 0.887 bits per heavy atom. The van der Waals surface area contributed by atoms with E-state index in [1.165, 1.54) is 24.3 Å². The van der Waals surface area contributed by atoms with Crippen LogP contribution in [-0.4, -0.2) is 49.9 Å². The first-order valence-electron chi connectivity index (χ1n) is 17.1. The molecule has 4 N–H and O–H groups in total. The van der Waals surface area contributed by atoms with E-state index in [2.05, 4.69) is 40.3 Å². The lowest BCUT2D eigenvalue weighted by molar-refractivity contribution is 0.461. The number of halogens is 4. The Morgan fingerprint density at radius 1 is 0.532 bits per heavy atom. The fourth-order valence-electron chi connectivity index (χ4n) is 5.67. The zero-order chi connectivity index (χ0) is 44.6. The van der Waals surface area contributed by atoms with Crippen LogP contribution in [0.25, 0.3) is 42.6 Å². The number of aromatic amines is 4.